The Morgan fingerprint density at radius 1 is 1.62 bits per heavy atom. The summed E-state index contributed by atoms with van der Waals surface area (Å²) < 4.78 is 13.0. The highest BCUT2D eigenvalue weighted by atomic mass is 32.2. The molecule has 0 amide bonds. The summed E-state index contributed by atoms with van der Waals surface area (Å²) in [5.41, 5.74) is -0.472. The molecule has 5 heteroatoms. The van der Waals surface area contributed by atoms with Crippen molar-refractivity contribution in [3.05, 3.63) is 34.1 Å². The molecule has 0 unspecified atom stereocenters. The number of hydrogen-bond acceptors (Lipinski definition) is 3. The molecule has 0 spiro atoms. The third-order valence-corrected chi connectivity index (χ3v) is 2.30. The number of thioether (sulfide) groups is 1. The van der Waals surface area contributed by atoms with E-state index in [1.54, 1.807) is 6.07 Å². The molecule has 1 aromatic rings. The van der Waals surface area contributed by atoms with Gasteiger partial charge in [-0.1, -0.05) is 6.92 Å². The summed E-state index contributed by atoms with van der Waals surface area (Å²) in [6, 6.07) is 3.93. The maximum absolute atomic E-state index is 13.0. The van der Waals surface area contributed by atoms with E-state index in [4.69, 9.17) is 0 Å². The van der Waals surface area contributed by atoms with Crippen LogP contribution in [0, 0.1) is 15.9 Å². The Labute approximate surface area is 79.1 Å². The van der Waals surface area contributed by atoms with Crippen LogP contribution in [0.1, 0.15) is 6.92 Å². The normalized spacial score (nSPS) is 10.0. The predicted octanol–water partition coefficient (Wildman–Crippen LogP) is 2.85. The topological polar surface area (TPSA) is 43.1 Å². The van der Waals surface area contributed by atoms with Crippen molar-refractivity contribution >= 4 is 17.4 Å². The minimum atomic E-state index is -0.775. The first-order valence-corrected chi connectivity index (χ1v) is 4.70. The van der Waals surface area contributed by atoms with Gasteiger partial charge in [-0.05, 0) is 17.9 Å². The highest BCUT2D eigenvalue weighted by Crippen LogP contribution is 2.24. The maximum Gasteiger partial charge on any atom is 0.304 e. The van der Waals surface area contributed by atoms with E-state index in [-0.39, 0.29) is 0 Å². The van der Waals surface area contributed by atoms with Crippen LogP contribution in [0.2, 0.25) is 0 Å². The summed E-state index contributed by atoms with van der Waals surface area (Å²) >= 11 is 1.45. The van der Waals surface area contributed by atoms with Crippen molar-refractivity contribution in [1.29, 1.82) is 0 Å². The van der Waals surface area contributed by atoms with Gasteiger partial charge in [0, 0.05) is 11.0 Å². The van der Waals surface area contributed by atoms with Gasteiger partial charge in [-0.2, -0.15) is 4.39 Å². The van der Waals surface area contributed by atoms with Crippen molar-refractivity contribution in [3.63, 3.8) is 0 Å². The van der Waals surface area contributed by atoms with Gasteiger partial charge in [0.05, 0.1) is 4.92 Å². The van der Waals surface area contributed by atoms with E-state index in [0.29, 0.717) is 4.90 Å². The fourth-order valence-electron chi connectivity index (χ4n) is 0.892. The quantitative estimate of drug-likeness (QED) is 0.429. The lowest BCUT2D eigenvalue weighted by Crippen LogP contribution is -1.92. The maximum atomic E-state index is 13.0. The van der Waals surface area contributed by atoms with Crippen LogP contribution in [0.3, 0.4) is 0 Å². The number of nitro groups is 1. The molecular weight excluding hydrogens is 193 g/mol. The highest BCUT2D eigenvalue weighted by Gasteiger charge is 2.13. The second-order valence-electron chi connectivity index (χ2n) is 2.30. The lowest BCUT2D eigenvalue weighted by molar-refractivity contribution is -0.387. The summed E-state index contributed by atoms with van der Waals surface area (Å²) in [7, 11) is 0. The number of nitro benzene ring substituents is 1. The van der Waals surface area contributed by atoms with Crippen LogP contribution in [0.4, 0.5) is 10.1 Å². The molecule has 0 atom stereocenters. The Balaban J connectivity index is 2.98. The monoisotopic (exact) mass is 201 g/mol. The summed E-state index contributed by atoms with van der Waals surface area (Å²) in [6.07, 6.45) is 0. The third kappa shape index (κ3) is 2.42. The second kappa shape index (κ2) is 4.23. The molecule has 0 aromatic heterocycles. The average Bonchev–Trinajstić information content (AvgIpc) is 2.04. The number of hydrogen-bond donors (Lipinski definition) is 0. The minimum absolute atomic E-state index is 0.472. The fraction of sp³-hybridized carbons (Fsp3) is 0.250. The first kappa shape index (κ1) is 9.98. The Hall–Kier alpha value is -1.10. The second-order valence-corrected chi connectivity index (χ2v) is 3.64. The van der Waals surface area contributed by atoms with Gasteiger partial charge in [-0.3, -0.25) is 10.1 Å². The van der Waals surface area contributed by atoms with Gasteiger partial charge < -0.3 is 0 Å². The molecule has 0 aliphatic heterocycles. The minimum Gasteiger partial charge on any atom is -0.258 e. The van der Waals surface area contributed by atoms with Gasteiger partial charge in [0.25, 0.3) is 0 Å². The van der Waals surface area contributed by atoms with Crippen LogP contribution in [-0.2, 0) is 0 Å². The van der Waals surface area contributed by atoms with Crippen molar-refractivity contribution in [2.75, 3.05) is 5.75 Å². The lowest BCUT2D eigenvalue weighted by Gasteiger charge is -1.98. The third-order valence-electron chi connectivity index (χ3n) is 1.43. The molecule has 0 aliphatic rings. The molecule has 13 heavy (non-hydrogen) atoms. The van der Waals surface area contributed by atoms with E-state index >= 15 is 0 Å². The Kier molecular flexibility index (Phi) is 3.25. The van der Waals surface area contributed by atoms with E-state index in [1.807, 2.05) is 6.92 Å². The number of halogens is 1. The SMILES string of the molecule is CCSc1ccc([N+](=O)[O-])c(F)c1. The molecule has 70 valence electrons. The van der Waals surface area contributed by atoms with Gasteiger partial charge in [0.1, 0.15) is 0 Å². The van der Waals surface area contributed by atoms with E-state index in [1.165, 1.54) is 23.9 Å². The van der Waals surface area contributed by atoms with Crippen molar-refractivity contribution in [2.45, 2.75) is 11.8 Å². The molecule has 1 rings (SSSR count). The van der Waals surface area contributed by atoms with Crippen LogP contribution < -0.4 is 0 Å². The summed E-state index contributed by atoms with van der Waals surface area (Å²) in [4.78, 5) is 10.2. The summed E-state index contributed by atoms with van der Waals surface area (Å²) in [5, 5.41) is 10.2. The smallest absolute Gasteiger partial charge is 0.258 e. The van der Waals surface area contributed by atoms with Crippen LogP contribution >= 0.6 is 11.8 Å². The van der Waals surface area contributed by atoms with E-state index in [0.717, 1.165) is 5.75 Å². The van der Waals surface area contributed by atoms with Crippen LogP contribution in [-0.4, -0.2) is 10.7 Å². The average molecular weight is 201 g/mol. The highest BCUT2D eigenvalue weighted by molar-refractivity contribution is 7.99. The van der Waals surface area contributed by atoms with E-state index in [2.05, 4.69) is 0 Å². The Morgan fingerprint density at radius 3 is 2.77 bits per heavy atom. The molecule has 0 bridgehead atoms. The molecule has 0 N–H and O–H groups in total. The number of benzene rings is 1. The molecule has 3 nitrogen and oxygen atoms in total. The lowest BCUT2D eigenvalue weighted by atomic mass is 10.3. The number of nitrogens with zero attached hydrogens (tertiary/aromatic N) is 1. The van der Waals surface area contributed by atoms with Gasteiger partial charge in [-0.25, -0.2) is 0 Å². The molecule has 0 saturated carbocycles. The van der Waals surface area contributed by atoms with E-state index in [9.17, 15) is 14.5 Å². The molecule has 0 heterocycles. The largest absolute Gasteiger partial charge is 0.304 e. The zero-order valence-electron chi connectivity index (χ0n) is 6.99. The van der Waals surface area contributed by atoms with Gasteiger partial charge >= 0.3 is 5.69 Å². The number of rotatable bonds is 3. The fourth-order valence-corrected chi connectivity index (χ4v) is 1.58. The zero-order valence-corrected chi connectivity index (χ0v) is 7.81. The van der Waals surface area contributed by atoms with Gasteiger partial charge in [0.15, 0.2) is 0 Å². The van der Waals surface area contributed by atoms with Crippen molar-refractivity contribution in [1.82, 2.24) is 0 Å². The molecule has 0 radical (unpaired) electrons. The van der Waals surface area contributed by atoms with Crippen LogP contribution in [0.25, 0.3) is 0 Å². The van der Waals surface area contributed by atoms with Crippen molar-refractivity contribution in [2.24, 2.45) is 0 Å². The molecule has 0 aliphatic carbocycles. The van der Waals surface area contributed by atoms with Crippen LogP contribution in [0.5, 0.6) is 0 Å². The molecular formula is C8H8FNO2S. The first-order chi connectivity index (χ1) is 6.15. The summed E-state index contributed by atoms with van der Waals surface area (Å²) in [6.45, 7) is 1.93. The zero-order chi connectivity index (χ0) is 9.84. The molecule has 0 fully saturated rings. The standard InChI is InChI=1S/C8H8FNO2S/c1-2-13-6-3-4-8(10(11)12)7(9)5-6/h3-5H,2H2,1H3. The Bertz CT molecular complexity index is 330. The summed E-state index contributed by atoms with van der Waals surface area (Å²) in [5.74, 6) is 0.0421. The van der Waals surface area contributed by atoms with E-state index < -0.39 is 16.4 Å². The Morgan fingerprint density at radius 2 is 2.31 bits per heavy atom. The molecule has 0 saturated heterocycles. The van der Waals surface area contributed by atoms with Crippen molar-refractivity contribution in [3.8, 4) is 0 Å². The van der Waals surface area contributed by atoms with Crippen molar-refractivity contribution < 1.29 is 9.31 Å². The van der Waals surface area contributed by atoms with Crippen LogP contribution in [0.15, 0.2) is 23.1 Å². The predicted molar refractivity (Wildman–Crippen MR) is 49.5 cm³/mol. The first-order valence-electron chi connectivity index (χ1n) is 3.72. The molecule has 1 aromatic carbocycles. The van der Waals surface area contributed by atoms with Gasteiger partial charge in [-0.15, -0.1) is 11.8 Å². The van der Waals surface area contributed by atoms with Gasteiger partial charge in [0.2, 0.25) is 5.82 Å².